The second-order valence-corrected chi connectivity index (χ2v) is 5.22. The molecule has 9 heteroatoms. The van der Waals surface area contributed by atoms with E-state index in [0.717, 1.165) is 11.3 Å². The summed E-state index contributed by atoms with van der Waals surface area (Å²) < 4.78 is 5.67. The molecular weight excluding hydrogens is 312 g/mol. The summed E-state index contributed by atoms with van der Waals surface area (Å²) in [4.78, 5) is 24.5. The molecule has 0 fully saturated rings. The van der Waals surface area contributed by atoms with E-state index in [1.807, 2.05) is 12.1 Å². The van der Waals surface area contributed by atoms with Crippen LogP contribution in [-0.4, -0.2) is 35.6 Å². The van der Waals surface area contributed by atoms with E-state index < -0.39 is 11.9 Å². The maximum Gasteiger partial charge on any atom is 0.332 e. The van der Waals surface area contributed by atoms with E-state index in [9.17, 15) is 9.59 Å². The van der Waals surface area contributed by atoms with E-state index in [1.54, 1.807) is 6.92 Å². The van der Waals surface area contributed by atoms with Gasteiger partial charge in [-0.05, 0) is 19.8 Å². The van der Waals surface area contributed by atoms with Gasteiger partial charge in [0, 0.05) is 17.5 Å². The number of primary amides is 1. The Kier molecular flexibility index (Phi) is 5.17. The minimum Gasteiger partial charge on any atom is -0.455 e. The molecule has 0 unspecified atom stereocenters. The Labute approximate surface area is 138 Å². The molecule has 24 heavy (non-hydrogen) atoms. The van der Waals surface area contributed by atoms with Gasteiger partial charge in [-0.15, -0.1) is 0 Å². The molecule has 0 radical (unpaired) electrons. The van der Waals surface area contributed by atoms with Gasteiger partial charge in [-0.25, -0.2) is 10.2 Å². The number of rotatable bonds is 4. The van der Waals surface area contributed by atoms with Gasteiger partial charge < -0.3 is 15.1 Å². The van der Waals surface area contributed by atoms with Gasteiger partial charge in [0.2, 0.25) is 0 Å². The molecule has 0 aliphatic heterocycles. The number of carbonyl (C=O) groups is 2. The Balaban J connectivity index is 2.40. The zero-order chi connectivity index (χ0) is 17.7. The number of nitriles is 2. The molecule has 0 atom stereocenters. The molecule has 1 aromatic heterocycles. The van der Waals surface area contributed by atoms with Crippen molar-refractivity contribution in [1.82, 2.24) is 10.3 Å². The first-order chi connectivity index (χ1) is 11.5. The van der Waals surface area contributed by atoms with E-state index in [2.05, 4.69) is 10.5 Å². The van der Waals surface area contributed by atoms with E-state index in [1.165, 1.54) is 0 Å². The fourth-order valence-corrected chi connectivity index (χ4v) is 2.62. The van der Waals surface area contributed by atoms with Gasteiger partial charge in [-0.1, -0.05) is 0 Å². The number of fused-ring (bicyclic) bond motifs is 1. The van der Waals surface area contributed by atoms with Gasteiger partial charge in [-0.2, -0.15) is 15.6 Å². The standard InChI is InChI=1S/C15H16N6O3/c1-9-12-10(19-20-15(18)23)3-2-4-11(12)24-13(9)14(22)21(7-5-16)8-6-17/h2-4,7-8H2,1H3,(H3,18,20,23)/b19-10+. The Morgan fingerprint density at radius 1 is 1.33 bits per heavy atom. The number of hydrazone groups is 1. The summed E-state index contributed by atoms with van der Waals surface area (Å²) >= 11 is 0. The van der Waals surface area contributed by atoms with E-state index in [-0.39, 0.29) is 18.8 Å². The minimum atomic E-state index is -0.777. The molecule has 1 aliphatic rings. The maximum atomic E-state index is 12.5. The molecule has 0 aromatic carbocycles. The zero-order valence-electron chi connectivity index (χ0n) is 13.1. The smallest absolute Gasteiger partial charge is 0.332 e. The molecule has 0 spiro atoms. The van der Waals surface area contributed by atoms with Crippen molar-refractivity contribution in [1.29, 1.82) is 10.5 Å². The van der Waals surface area contributed by atoms with Crippen LogP contribution in [0.5, 0.6) is 0 Å². The molecule has 0 saturated carbocycles. The van der Waals surface area contributed by atoms with Crippen molar-refractivity contribution in [2.24, 2.45) is 10.8 Å². The van der Waals surface area contributed by atoms with Crippen molar-refractivity contribution in [2.45, 2.75) is 26.2 Å². The summed E-state index contributed by atoms with van der Waals surface area (Å²) in [5.74, 6) is 0.160. The highest BCUT2D eigenvalue weighted by atomic mass is 16.4. The molecule has 124 valence electrons. The number of hydrogen-bond acceptors (Lipinski definition) is 6. The minimum absolute atomic E-state index is 0.0826. The van der Waals surface area contributed by atoms with Gasteiger partial charge in [0.05, 0.1) is 17.9 Å². The highest BCUT2D eigenvalue weighted by Gasteiger charge is 2.30. The summed E-state index contributed by atoms with van der Waals surface area (Å²) in [7, 11) is 0. The number of hydrogen-bond donors (Lipinski definition) is 2. The third-order valence-corrected chi connectivity index (χ3v) is 3.63. The van der Waals surface area contributed by atoms with Gasteiger partial charge >= 0.3 is 6.03 Å². The maximum absolute atomic E-state index is 12.5. The molecule has 9 nitrogen and oxygen atoms in total. The molecule has 0 bridgehead atoms. The summed E-state index contributed by atoms with van der Waals surface area (Å²) in [6.07, 6.45) is 2.00. The second-order valence-electron chi connectivity index (χ2n) is 5.22. The SMILES string of the molecule is Cc1c(C(=O)N(CC#N)CC#N)oc2c1/C(=N/NC(N)=O)CCC2. The first kappa shape index (κ1) is 17.0. The van der Waals surface area contributed by atoms with Crippen molar-refractivity contribution in [3.8, 4) is 12.1 Å². The fourth-order valence-electron chi connectivity index (χ4n) is 2.62. The Bertz CT molecular complexity index is 764. The van der Waals surface area contributed by atoms with Crippen LogP contribution in [0.4, 0.5) is 4.79 Å². The van der Waals surface area contributed by atoms with E-state index in [0.29, 0.717) is 35.4 Å². The van der Waals surface area contributed by atoms with Crippen LogP contribution in [0.15, 0.2) is 9.52 Å². The topological polar surface area (TPSA) is 149 Å². The number of nitrogens with two attached hydrogens (primary N) is 1. The average molecular weight is 328 g/mol. The largest absolute Gasteiger partial charge is 0.455 e. The number of furan rings is 1. The molecule has 3 amide bonds. The number of carbonyl (C=O) groups excluding carboxylic acids is 2. The van der Waals surface area contributed by atoms with Crippen molar-refractivity contribution in [3.63, 3.8) is 0 Å². The van der Waals surface area contributed by atoms with Crippen molar-refractivity contribution < 1.29 is 14.0 Å². The predicted octanol–water partition coefficient (Wildman–Crippen LogP) is 0.786. The number of nitrogens with one attached hydrogen (secondary N) is 1. The molecule has 3 N–H and O–H groups in total. The van der Waals surface area contributed by atoms with Crippen LogP contribution in [-0.2, 0) is 6.42 Å². The van der Waals surface area contributed by atoms with Gasteiger partial charge in [0.15, 0.2) is 5.76 Å². The second kappa shape index (κ2) is 7.29. The van der Waals surface area contributed by atoms with Gasteiger partial charge in [-0.3, -0.25) is 4.79 Å². The van der Waals surface area contributed by atoms with E-state index >= 15 is 0 Å². The quantitative estimate of drug-likeness (QED) is 0.619. The highest BCUT2D eigenvalue weighted by Crippen LogP contribution is 2.30. The molecule has 1 heterocycles. The third-order valence-electron chi connectivity index (χ3n) is 3.63. The van der Waals surface area contributed by atoms with E-state index in [4.69, 9.17) is 20.7 Å². The zero-order valence-corrected chi connectivity index (χ0v) is 13.1. The van der Waals surface area contributed by atoms with Gasteiger partial charge in [0.25, 0.3) is 5.91 Å². The molecular formula is C15H16N6O3. The van der Waals surface area contributed by atoms with Crippen LogP contribution in [0.3, 0.4) is 0 Å². The summed E-state index contributed by atoms with van der Waals surface area (Å²) in [6, 6.07) is 2.93. The predicted molar refractivity (Wildman–Crippen MR) is 82.8 cm³/mol. The Morgan fingerprint density at radius 2 is 2.00 bits per heavy atom. The Hall–Kier alpha value is -3.33. The summed E-state index contributed by atoms with van der Waals surface area (Å²) in [6.45, 7) is 1.29. The number of urea groups is 1. The molecule has 1 aromatic rings. The van der Waals surface area contributed by atoms with Crippen LogP contribution in [0.2, 0.25) is 0 Å². The third kappa shape index (κ3) is 3.36. The number of aryl methyl sites for hydroxylation is 1. The Morgan fingerprint density at radius 3 is 2.58 bits per heavy atom. The first-order valence-corrected chi connectivity index (χ1v) is 7.27. The number of nitrogens with zero attached hydrogens (tertiary/aromatic N) is 4. The highest BCUT2D eigenvalue weighted by molar-refractivity contribution is 6.06. The monoisotopic (exact) mass is 328 g/mol. The van der Waals surface area contributed by atoms with Crippen LogP contribution in [0, 0.1) is 29.6 Å². The average Bonchev–Trinajstić information content (AvgIpc) is 2.89. The first-order valence-electron chi connectivity index (χ1n) is 7.27. The molecule has 1 aliphatic carbocycles. The lowest BCUT2D eigenvalue weighted by Gasteiger charge is -2.14. The lowest BCUT2D eigenvalue weighted by Crippen LogP contribution is -2.32. The van der Waals surface area contributed by atoms with Crippen molar-refractivity contribution >= 4 is 17.6 Å². The van der Waals surface area contributed by atoms with Crippen LogP contribution in [0.25, 0.3) is 0 Å². The number of amides is 3. The van der Waals surface area contributed by atoms with Crippen LogP contribution >= 0.6 is 0 Å². The normalized spacial score (nSPS) is 14.4. The van der Waals surface area contributed by atoms with Crippen LogP contribution < -0.4 is 11.2 Å². The lowest BCUT2D eigenvalue weighted by atomic mass is 9.93. The van der Waals surface area contributed by atoms with Crippen molar-refractivity contribution in [2.75, 3.05) is 13.1 Å². The fraction of sp³-hybridized carbons (Fsp3) is 0.400. The summed E-state index contributed by atoms with van der Waals surface area (Å²) in [5, 5.41) is 21.6. The lowest BCUT2D eigenvalue weighted by molar-refractivity contribution is 0.0760. The van der Waals surface area contributed by atoms with Crippen molar-refractivity contribution in [3.05, 3.63) is 22.6 Å². The molecule has 2 rings (SSSR count). The van der Waals surface area contributed by atoms with Crippen LogP contribution in [0.1, 0.15) is 40.3 Å². The van der Waals surface area contributed by atoms with Gasteiger partial charge in [0.1, 0.15) is 18.8 Å². The molecule has 0 saturated heterocycles. The summed E-state index contributed by atoms with van der Waals surface area (Å²) in [5.41, 5.74) is 9.04.